The number of hydrogen-bond donors (Lipinski definition) is 0. The highest BCUT2D eigenvalue weighted by molar-refractivity contribution is 5.92. The van der Waals surface area contributed by atoms with Crippen LogP contribution in [-0.2, 0) is 11.3 Å². The van der Waals surface area contributed by atoms with Gasteiger partial charge in [0.1, 0.15) is 12.6 Å². The second-order valence-corrected chi connectivity index (χ2v) is 4.25. The van der Waals surface area contributed by atoms with E-state index >= 15 is 0 Å². The third kappa shape index (κ3) is 2.51. The van der Waals surface area contributed by atoms with Crippen LogP contribution in [0.4, 0.5) is 0 Å². The first-order chi connectivity index (χ1) is 8.76. The number of likely N-dealkylation sites (tertiary alicyclic amines) is 1. The van der Waals surface area contributed by atoms with E-state index in [0.29, 0.717) is 12.3 Å². The van der Waals surface area contributed by atoms with Gasteiger partial charge in [0.05, 0.1) is 6.07 Å². The Kier molecular flexibility index (Phi) is 3.95. The molecule has 0 aliphatic carbocycles. The molecule has 0 radical (unpaired) electrons. The third-order valence-electron chi connectivity index (χ3n) is 2.98. The molecule has 18 heavy (non-hydrogen) atoms. The van der Waals surface area contributed by atoms with E-state index in [4.69, 9.17) is 14.5 Å². The first kappa shape index (κ1) is 12.6. The van der Waals surface area contributed by atoms with Gasteiger partial charge in [0, 0.05) is 19.7 Å². The number of nitrogens with zero attached hydrogens (tertiary/aromatic N) is 3. The van der Waals surface area contributed by atoms with E-state index in [-0.39, 0.29) is 24.2 Å². The molecule has 1 aliphatic rings. The molecular formula is C12H15N3O3. The second kappa shape index (κ2) is 5.65. The number of piperidine rings is 1. The molecule has 1 saturated heterocycles. The first-order valence-corrected chi connectivity index (χ1v) is 5.91. The van der Waals surface area contributed by atoms with Gasteiger partial charge in [-0.1, -0.05) is 5.16 Å². The lowest BCUT2D eigenvalue weighted by Crippen LogP contribution is -2.43. The lowest BCUT2D eigenvalue weighted by molar-refractivity contribution is 0.0659. The van der Waals surface area contributed by atoms with Gasteiger partial charge in [-0.05, 0) is 19.3 Å². The van der Waals surface area contributed by atoms with E-state index in [9.17, 15) is 4.79 Å². The molecule has 0 saturated carbocycles. The van der Waals surface area contributed by atoms with Crippen molar-refractivity contribution in [1.82, 2.24) is 10.1 Å². The normalized spacial score (nSPS) is 19.6. The van der Waals surface area contributed by atoms with Crippen molar-refractivity contribution in [1.29, 1.82) is 5.26 Å². The summed E-state index contributed by atoms with van der Waals surface area (Å²) in [7, 11) is 1.54. The number of ether oxygens (including phenoxy) is 1. The van der Waals surface area contributed by atoms with Gasteiger partial charge in [0.2, 0.25) is 0 Å². The summed E-state index contributed by atoms with van der Waals surface area (Å²) in [4.78, 5) is 13.8. The Morgan fingerprint density at radius 2 is 2.56 bits per heavy atom. The van der Waals surface area contributed by atoms with Crippen molar-refractivity contribution in [2.24, 2.45) is 0 Å². The Bertz CT molecular complexity index is 463. The molecular weight excluding hydrogens is 234 g/mol. The lowest BCUT2D eigenvalue weighted by atomic mass is 10.0. The van der Waals surface area contributed by atoms with Crippen LogP contribution in [0, 0.1) is 11.3 Å². The zero-order valence-corrected chi connectivity index (χ0v) is 10.3. The average Bonchev–Trinajstić information content (AvgIpc) is 2.87. The fourth-order valence-electron chi connectivity index (χ4n) is 2.08. The number of carbonyl (C=O) groups is 1. The molecule has 0 spiro atoms. The number of carbonyl (C=O) groups excluding carboxylic acids is 1. The fourth-order valence-corrected chi connectivity index (χ4v) is 2.08. The SMILES string of the molecule is COCc1cc(C(=O)N2CCCCC2C#N)no1. The summed E-state index contributed by atoms with van der Waals surface area (Å²) in [5.74, 6) is 0.263. The molecule has 1 amide bonds. The number of hydrogen-bond acceptors (Lipinski definition) is 5. The zero-order chi connectivity index (χ0) is 13.0. The van der Waals surface area contributed by atoms with E-state index in [2.05, 4.69) is 11.2 Å². The van der Waals surface area contributed by atoms with E-state index in [1.165, 1.54) is 0 Å². The van der Waals surface area contributed by atoms with Crippen LogP contribution in [0.25, 0.3) is 0 Å². The van der Waals surface area contributed by atoms with Gasteiger partial charge >= 0.3 is 0 Å². The van der Waals surface area contributed by atoms with Crippen LogP contribution in [0.15, 0.2) is 10.6 Å². The van der Waals surface area contributed by atoms with E-state index in [0.717, 1.165) is 19.3 Å². The summed E-state index contributed by atoms with van der Waals surface area (Å²) in [6.45, 7) is 0.880. The number of methoxy groups -OCH3 is 1. The molecule has 6 nitrogen and oxygen atoms in total. The third-order valence-corrected chi connectivity index (χ3v) is 2.98. The minimum atomic E-state index is -0.353. The van der Waals surface area contributed by atoms with Crippen molar-refractivity contribution < 1.29 is 14.1 Å². The predicted octanol–water partition coefficient (Wildman–Crippen LogP) is 1.34. The molecule has 6 heteroatoms. The molecule has 1 aromatic rings. The topological polar surface area (TPSA) is 79.4 Å². The first-order valence-electron chi connectivity index (χ1n) is 5.91. The average molecular weight is 249 g/mol. The molecule has 1 atom stereocenters. The van der Waals surface area contributed by atoms with Gasteiger partial charge < -0.3 is 14.2 Å². The highest BCUT2D eigenvalue weighted by Crippen LogP contribution is 2.19. The number of amides is 1. The van der Waals surface area contributed by atoms with Crippen molar-refractivity contribution in [3.05, 3.63) is 17.5 Å². The summed E-state index contributed by atoms with van der Waals surface area (Å²) in [5, 5.41) is 12.8. The number of rotatable bonds is 3. The summed E-state index contributed by atoms with van der Waals surface area (Å²) in [5.41, 5.74) is 0.240. The van der Waals surface area contributed by atoms with Crippen LogP contribution in [0.5, 0.6) is 0 Å². The maximum Gasteiger partial charge on any atom is 0.277 e. The quantitative estimate of drug-likeness (QED) is 0.807. The van der Waals surface area contributed by atoms with Crippen LogP contribution in [0.3, 0.4) is 0 Å². The highest BCUT2D eigenvalue weighted by atomic mass is 16.5. The molecule has 1 unspecified atom stereocenters. The number of nitriles is 1. The van der Waals surface area contributed by atoms with Crippen molar-refractivity contribution in [3.8, 4) is 6.07 Å². The van der Waals surface area contributed by atoms with Crippen molar-refractivity contribution in [3.63, 3.8) is 0 Å². The number of aromatic nitrogens is 1. The maximum absolute atomic E-state index is 12.2. The Labute approximate surface area is 105 Å². The van der Waals surface area contributed by atoms with E-state index < -0.39 is 0 Å². The predicted molar refractivity (Wildman–Crippen MR) is 61.5 cm³/mol. The minimum Gasteiger partial charge on any atom is -0.377 e. The highest BCUT2D eigenvalue weighted by Gasteiger charge is 2.29. The summed E-state index contributed by atoms with van der Waals surface area (Å²) in [6.07, 6.45) is 2.63. The Morgan fingerprint density at radius 1 is 1.72 bits per heavy atom. The van der Waals surface area contributed by atoms with Crippen LogP contribution >= 0.6 is 0 Å². The van der Waals surface area contributed by atoms with E-state index in [1.54, 1.807) is 18.1 Å². The standard InChI is InChI=1S/C12H15N3O3/c1-17-8-10-6-11(14-18-10)12(16)15-5-3-2-4-9(15)7-13/h6,9H,2-5,8H2,1H3. The summed E-state index contributed by atoms with van der Waals surface area (Å²) >= 11 is 0. The molecule has 1 aliphatic heterocycles. The van der Waals surface area contributed by atoms with Crippen molar-refractivity contribution in [2.45, 2.75) is 31.9 Å². The van der Waals surface area contributed by atoms with Crippen LogP contribution in [-0.4, -0.2) is 35.7 Å². The second-order valence-electron chi connectivity index (χ2n) is 4.25. The smallest absolute Gasteiger partial charge is 0.277 e. The molecule has 0 bridgehead atoms. The molecule has 2 heterocycles. The van der Waals surface area contributed by atoms with Gasteiger partial charge in [-0.2, -0.15) is 5.26 Å². The van der Waals surface area contributed by atoms with Gasteiger partial charge in [-0.3, -0.25) is 4.79 Å². The molecule has 0 N–H and O–H groups in total. The van der Waals surface area contributed by atoms with Gasteiger partial charge in [0.25, 0.3) is 5.91 Å². The largest absolute Gasteiger partial charge is 0.377 e. The molecule has 1 fully saturated rings. The molecule has 1 aromatic heterocycles. The Hall–Kier alpha value is -1.87. The molecule has 0 aromatic carbocycles. The van der Waals surface area contributed by atoms with Crippen molar-refractivity contribution >= 4 is 5.91 Å². The van der Waals surface area contributed by atoms with Crippen molar-refractivity contribution in [2.75, 3.05) is 13.7 Å². The van der Waals surface area contributed by atoms with Gasteiger partial charge in [0.15, 0.2) is 11.5 Å². The van der Waals surface area contributed by atoms with Crippen LogP contribution < -0.4 is 0 Å². The fraction of sp³-hybridized carbons (Fsp3) is 0.583. The Balaban J connectivity index is 2.11. The van der Waals surface area contributed by atoms with Crippen LogP contribution in [0.1, 0.15) is 35.5 Å². The Morgan fingerprint density at radius 3 is 3.28 bits per heavy atom. The van der Waals surface area contributed by atoms with Crippen LogP contribution in [0.2, 0.25) is 0 Å². The van der Waals surface area contributed by atoms with E-state index in [1.807, 2.05) is 0 Å². The minimum absolute atomic E-state index is 0.240. The summed E-state index contributed by atoms with van der Waals surface area (Å²) < 4.78 is 9.88. The lowest BCUT2D eigenvalue weighted by Gasteiger charge is -2.30. The van der Waals surface area contributed by atoms with Gasteiger partial charge in [-0.25, -0.2) is 0 Å². The monoisotopic (exact) mass is 249 g/mol. The molecule has 96 valence electrons. The zero-order valence-electron chi connectivity index (χ0n) is 10.3. The van der Waals surface area contributed by atoms with Gasteiger partial charge in [-0.15, -0.1) is 0 Å². The molecule has 2 rings (SSSR count). The maximum atomic E-state index is 12.2. The summed E-state index contributed by atoms with van der Waals surface area (Å²) in [6, 6.07) is 3.37.